The quantitative estimate of drug-likeness (QED) is 0.770. The lowest BCUT2D eigenvalue weighted by Crippen LogP contribution is -2.23. The van der Waals surface area contributed by atoms with Crippen molar-refractivity contribution < 1.29 is 9.53 Å². The van der Waals surface area contributed by atoms with Crippen LogP contribution in [-0.2, 0) is 9.53 Å². The molecule has 0 fully saturated rings. The van der Waals surface area contributed by atoms with Gasteiger partial charge in [0.05, 0.1) is 19.1 Å². The minimum absolute atomic E-state index is 0.242. The lowest BCUT2D eigenvalue weighted by atomic mass is 10.0. The van der Waals surface area contributed by atoms with E-state index in [0.717, 1.165) is 0 Å². The van der Waals surface area contributed by atoms with E-state index in [1.54, 1.807) is 24.0 Å². The highest BCUT2D eigenvalue weighted by Gasteiger charge is 2.25. The summed E-state index contributed by atoms with van der Waals surface area (Å²) >= 11 is 0. The third-order valence-corrected chi connectivity index (χ3v) is 2.83. The van der Waals surface area contributed by atoms with Gasteiger partial charge < -0.3 is 9.30 Å². The molecule has 0 amide bonds. The average Bonchev–Trinajstić information content (AvgIpc) is 2.79. The minimum atomic E-state index is -0.389. The maximum Gasteiger partial charge on any atom is 0.329 e. The van der Waals surface area contributed by atoms with Crippen LogP contribution in [0.1, 0.15) is 33.2 Å². The summed E-state index contributed by atoms with van der Waals surface area (Å²) in [6.07, 6.45) is 5.41. The van der Waals surface area contributed by atoms with Gasteiger partial charge in [0.15, 0.2) is 5.65 Å². The Kier molecular flexibility index (Phi) is 4.09. The molecule has 2 aromatic heterocycles. The molecule has 2 rings (SSSR count). The SMILES string of the molecule is CCOC(=O)C(CC(C)C)n1cnc2cncnc21. The van der Waals surface area contributed by atoms with Crippen LogP contribution in [0, 0.1) is 5.92 Å². The van der Waals surface area contributed by atoms with Crippen molar-refractivity contribution in [2.45, 2.75) is 33.2 Å². The van der Waals surface area contributed by atoms with Gasteiger partial charge in [-0.2, -0.15) is 0 Å². The molecule has 0 spiro atoms. The topological polar surface area (TPSA) is 69.9 Å². The van der Waals surface area contributed by atoms with Gasteiger partial charge in [-0.1, -0.05) is 13.8 Å². The van der Waals surface area contributed by atoms with E-state index in [1.165, 1.54) is 6.33 Å². The molecule has 0 aliphatic carbocycles. The molecule has 0 saturated carbocycles. The number of ether oxygens (including phenoxy) is 1. The number of rotatable bonds is 5. The summed E-state index contributed by atoms with van der Waals surface area (Å²) in [5.74, 6) is 0.128. The highest BCUT2D eigenvalue weighted by atomic mass is 16.5. The molecule has 6 nitrogen and oxygen atoms in total. The lowest BCUT2D eigenvalue weighted by molar-refractivity contribution is -0.147. The minimum Gasteiger partial charge on any atom is -0.464 e. The van der Waals surface area contributed by atoms with Crippen LogP contribution in [0.2, 0.25) is 0 Å². The summed E-state index contributed by atoms with van der Waals surface area (Å²) in [6, 6.07) is -0.389. The van der Waals surface area contributed by atoms with Gasteiger partial charge in [0.2, 0.25) is 0 Å². The monoisotopic (exact) mass is 262 g/mol. The van der Waals surface area contributed by atoms with Crippen molar-refractivity contribution in [1.29, 1.82) is 0 Å². The van der Waals surface area contributed by atoms with E-state index in [1.807, 2.05) is 0 Å². The number of carbonyl (C=O) groups is 1. The summed E-state index contributed by atoms with van der Waals surface area (Å²) < 4.78 is 6.92. The summed E-state index contributed by atoms with van der Waals surface area (Å²) in [4.78, 5) is 24.4. The fourth-order valence-electron chi connectivity index (χ4n) is 2.02. The summed E-state index contributed by atoms with van der Waals surface area (Å²) in [5.41, 5.74) is 1.34. The van der Waals surface area contributed by atoms with E-state index >= 15 is 0 Å². The molecule has 0 aliphatic rings. The third-order valence-electron chi connectivity index (χ3n) is 2.83. The first-order valence-corrected chi connectivity index (χ1v) is 6.42. The van der Waals surface area contributed by atoms with Gasteiger partial charge in [-0.25, -0.2) is 19.7 Å². The van der Waals surface area contributed by atoms with Crippen LogP contribution in [0.3, 0.4) is 0 Å². The van der Waals surface area contributed by atoms with Crippen molar-refractivity contribution in [2.24, 2.45) is 5.92 Å². The molecule has 0 aromatic carbocycles. The first-order valence-electron chi connectivity index (χ1n) is 6.42. The summed E-state index contributed by atoms with van der Waals surface area (Å²) in [5, 5.41) is 0. The Labute approximate surface area is 111 Å². The van der Waals surface area contributed by atoms with Crippen molar-refractivity contribution in [3.63, 3.8) is 0 Å². The largest absolute Gasteiger partial charge is 0.464 e. The van der Waals surface area contributed by atoms with Crippen LogP contribution in [0.15, 0.2) is 18.9 Å². The van der Waals surface area contributed by atoms with E-state index < -0.39 is 0 Å². The first kappa shape index (κ1) is 13.5. The van der Waals surface area contributed by atoms with E-state index in [0.29, 0.717) is 30.1 Å². The van der Waals surface area contributed by atoms with E-state index in [-0.39, 0.29) is 12.0 Å². The highest BCUT2D eigenvalue weighted by Crippen LogP contribution is 2.22. The molecule has 102 valence electrons. The average molecular weight is 262 g/mol. The maximum absolute atomic E-state index is 12.1. The Morgan fingerprint density at radius 1 is 1.42 bits per heavy atom. The fourth-order valence-corrected chi connectivity index (χ4v) is 2.02. The van der Waals surface area contributed by atoms with Crippen LogP contribution < -0.4 is 0 Å². The van der Waals surface area contributed by atoms with Crippen LogP contribution in [0.25, 0.3) is 11.2 Å². The van der Waals surface area contributed by atoms with Gasteiger partial charge in [-0.15, -0.1) is 0 Å². The van der Waals surface area contributed by atoms with Gasteiger partial charge >= 0.3 is 5.97 Å². The molecule has 1 unspecified atom stereocenters. The Hall–Kier alpha value is -1.98. The standard InChI is InChI=1S/C13H18N4O2/c1-4-19-13(18)11(5-9(2)3)17-8-16-10-6-14-7-15-12(10)17/h6-9,11H,4-5H2,1-3H3. The van der Waals surface area contributed by atoms with E-state index in [9.17, 15) is 4.79 Å². The van der Waals surface area contributed by atoms with Crippen molar-refractivity contribution in [3.05, 3.63) is 18.9 Å². The number of carbonyl (C=O) groups excluding carboxylic acids is 1. The number of imidazole rings is 1. The second-order valence-electron chi connectivity index (χ2n) is 4.78. The fraction of sp³-hybridized carbons (Fsp3) is 0.538. The second-order valence-corrected chi connectivity index (χ2v) is 4.78. The molecule has 2 aromatic rings. The van der Waals surface area contributed by atoms with Crippen molar-refractivity contribution in [1.82, 2.24) is 19.5 Å². The van der Waals surface area contributed by atoms with Gasteiger partial charge in [0, 0.05) is 0 Å². The molecular weight excluding hydrogens is 244 g/mol. The Morgan fingerprint density at radius 3 is 2.89 bits per heavy atom. The first-order chi connectivity index (χ1) is 9.13. The van der Waals surface area contributed by atoms with Gasteiger partial charge in [0.1, 0.15) is 17.9 Å². The van der Waals surface area contributed by atoms with Gasteiger partial charge in [-0.3, -0.25) is 0 Å². The number of esters is 1. The molecule has 0 saturated heterocycles. The normalized spacial score (nSPS) is 12.8. The number of nitrogens with zero attached hydrogens (tertiary/aromatic N) is 4. The zero-order valence-corrected chi connectivity index (χ0v) is 11.4. The van der Waals surface area contributed by atoms with Crippen molar-refractivity contribution >= 4 is 17.1 Å². The molecule has 2 heterocycles. The molecular formula is C13H18N4O2. The second kappa shape index (κ2) is 5.77. The van der Waals surface area contributed by atoms with Crippen LogP contribution in [-0.4, -0.2) is 32.1 Å². The van der Waals surface area contributed by atoms with Crippen LogP contribution >= 0.6 is 0 Å². The van der Waals surface area contributed by atoms with E-state index in [4.69, 9.17) is 4.74 Å². The lowest BCUT2D eigenvalue weighted by Gasteiger charge is -2.19. The maximum atomic E-state index is 12.1. The highest BCUT2D eigenvalue weighted by molar-refractivity contribution is 5.78. The smallest absolute Gasteiger partial charge is 0.329 e. The summed E-state index contributed by atoms with van der Waals surface area (Å²) in [7, 11) is 0. The molecule has 0 aliphatic heterocycles. The number of hydrogen-bond acceptors (Lipinski definition) is 5. The molecule has 0 radical (unpaired) electrons. The Morgan fingerprint density at radius 2 is 2.21 bits per heavy atom. The van der Waals surface area contributed by atoms with Gasteiger partial charge in [0.25, 0.3) is 0 Å². The Balaban J connectivity index is 2.39. The molecule has 0 N–H and O–H groups in total. The van der Waals surface area contributed by atoms with Crippen LogP contribution in [0.5, 0.6) is 0 Å². The predicted octanol–water partition coefficient (Wildman–Crippen LogP) is 1.98. The third kappa shape index (κ3) is 2.89. The Bertz CT molecular complexity index is 565. The van der Waals surface area contributed by atoms with E-state index in [2.05, 4.69) is 28.8 Å². The number of fused-ring (bicyclic) bond motifs is 1. The number of aromatic nitrogens is 4. The number of hydrogen-bond donors (Lipinski definition) is 0. The summed E-state index contributed by atoms with van der Waals surface area (Å²) in [6.45, 7) is 6.31. The molecule has 0 bridgehead atoms. The van der Waals surface area contributed by atoms with Gasteiger partial charge in [-0.05, 0) is 19.3 Å². The zero-order chi connectivity index (χ0) is 13.8. The molecule has 6 heteroatoms. The molecule has 1 atom stereocenters. The van der Waals surface area contributed by atoms with Crippen molar-refractivity contribution in [2.75, 3.05) is 6.61 Å². The zero-order valence-electron chi connectivity index (χ0n) is 11.4. The van der Waals surface area contributed by atoms with Crippen LogP contribution in [0.4, 0.5) is 0 Å². The predicted molar refractivity (Wildman–Crippen MR) is 70.4 cm³/mol. The molecule has 19 heavy (non-hydrogen) atoms. The van der Waals surface area contributed by atoms with Crippen molar-refractivity contribution in [3.8, 4) is 0 Å².